The van der Waals surface area contributed by atoms with Gasteiger partial charge in [-0.3, -0.25) is 0 Å². The van der Waals surface area contributed by atoms with Gasteiger partial charge in [0.15, 0.2) is 0 Å². The first-order valence-corrected chi connectivity index (χ1v) is 8.29. The number of nitrogen functional groups attached to an aromatic ring is 1. The van der Waals surface area contributed by atoms with Gasteiger partial charge >= 0.3 is 0 Å². The second-order valence-electron chi connectivity index (χ2n) is 5.60. The van der Waals surface area contributed by atoms with Crippen LogP contribution in [-0.2, 0) is 6.54 Å². The number of nitrogens with two attached hydrogens (primary N) is 1. The Labute approximate surface area is 123 Å². The molecule has 108 valence electrons. The molecule has 2 aromatic rings. The monoisotopic (exact) mass is 291 g/mol. The van der Waals surface area contributed by atoms with Gasteiger partial charge in [0.05, 0.1) is 11.6 Å². The van der Waals surface area contributed by atoms with E-state index in [9.17, 15) is 0 Å². The van der Waals surface area contributed by atoms with Crippen LogP contribution in [0.25, 0.3) is 11.0 Å². The van der Waals surface area contributed by atoms with Crippen LogP contribution in [0.4, 0.5) is 5.95 Å². The normalized spacial score (nSPS) is 19.1. The van der Waals surface area contributed by atoms with Gasteiger partial charge in [0.25, 0.3) is 0 Å². The third kappa shape index (κ3) is 2.59. The number of anilines is 1. The number of ether oxygens (including phenoxy) is 1. The van der Waals surface area contributed by atoms with Crippen molar-refractivity contribution in [3.05, 3.63) is 18.2 Å². The van der Waals surface area contributed by atoms with E-state index in [1.54, 1.807) is 0 Å². The lowest BCUT2D eigenvalue weighted by Gasteiger charge is -2.12. The van der Waals surface area contributed by atoms with Crippen molar-refractivity contribution in [1.82, 2.24) is 9.55 Å². The van der Waals surface area contributed by atoms with Crippen LogP contribution in [0.15, 0.2) is 18.2 Å². The Morgan fingerprint density at radius 3 is 3.05 bits per heavy atom. The van der Waals surface area contributed by atoms with E-state index in [1.165, 1.54) is 17.9 Å². The van der Waals surface area contributed by atoms with E-state index in [-0.39, 0.29) is 6.10 Å². The van der Waals surface area contributed by atoms with Crippen molar-refractivity contribution >= 4 is 28.7 Å². The summed E-state index contributed by atoms with van der Waals surface area (Å²) in [5, 5.41) is 0. The minimum Gasteiger partial charge on any atom is -0.489 e. The molecule has 1 fully saturated rings. The number of imidazole rings is 1. The average Bonchev–Trinajstić information content (AvgIpc) is 3.00. The lowest BCUT2D eigenvalue weighted by molar-refractivity contribution is 0.245. The quantitative estimate of drug-likeness (QED) is 0.940. The number of hydrogen-bond acceptors (Lipinski definition) is 4. The first kappa shape index (κ1) is 13.6. The molecule has 0 radical (unpaired) electrons. The van der Waals surface area contributed by atoms with Gasteiger partial charge in [-0.05, 0) is 49.8 Å². The molecule has 0 amide bonds. The lowest BCUT2D eigenvalue weighted by atomic mass is 10.1. The molecular weight excluding hydrogens is 270 g/mol. The maximum atomic E-state index is 6.12. The maximum absolute atomic E-state index is 6.12. The molecule has 1 aromatic carbocycles. The largest absolute Gasteiger partial charge is 0.489 e. The van der Waals surface area contributed by atoms with Gasteiger partial charge in [-0.25, -0.2) is 4.98 Å². The lowest BCUT2D eigenvalue weighted by Crippen LogP contribution is -2.12. The Bertz CT molecular complexity index is 602. The van der Waals surface area contributed by atoms with Crippen molar-refractivity contribution in [2.45, 2.75) is 32.9 Å². The first-order chi connectivity index (χ1) is 9.65. The van der Waals surface area contributed by atoms with E-state index < -0.39 is 0 Å². The van der Waals surface area contributed by atoms with Gasteiger partial charge in [-0.15, -0.1) is 0 Å². The molecule has 20 heavy (non-hydrogen) atoms. The van der Waals surface area contributed by atoms with Crippen molar-refractivity contribution in [2.75, 3.05) is 17.2 Å². The van der Waals surface area contributed by atoms with Crippen LogP contribution in [-0.4, -0.2) is 27.2 Å². The van der Waals surface area contributed by atoms with Gasteiger partial charge in [-0.1, -0.05) is 6.07 Å². The summed E-state index contributed by atoms with van der Waals surface area (Å²) in [6.07, 6.45) is 1.41. The molecule has 1 aromatic heterocycles. The third-order valence-electron chi connectivity index (χ3n) is 3.60. The summed E-state index contributed by atoms with van der Waals surface area (Å²) in [4.78, 5) is 4.52. The van der Waals surface area contributed by atoms with Crippen molar-refractivity contribution in [3.8, 4) is 5.75 Å². The molecular formula is C15H21N3OS. The fraction of sp³-hybridized carbons (Fsp3) is 0.533. The predicted octanol–water partition coefficient (Wildman–Crippen LogP) is 3.16. The zero-order chi connectivity index (χ0) is 14.1. The summed E-state index contributed by atoms with van der Waals surface area (Å²) in [6.45, 7) is 5.00. The highest BCUT2D eigenvalue weighted by Gasteiger charge is 2.20. The molecule has 1 atom stereocenters. The SMILES string of the molecule is CC(C)Oc1cccc2c1nc(N)n2CC1CCSC1. The summed E-state index contributed by atoms with van der Waals surface area (Å²) in [5.41, 5.74) is 8.08. The number of rotatable bonds is 4. The smallest absolute Gasteiger partial charge is 0.201 e. The van der Waals surface area contributed by atoms with E-state index in [2.05, 4.69) is 15.6 Å². The van der Waals surface area contributed by atoms with Crippen LogP contribution in [0.3, 0.4) is 0 Å². The van der Waals surface area contributed by atoms with Crippen LogP contribution in [0.1, 0.15) is 20.3 Å². The van der Waals surface area contributed by atoms with E-state index in [0.717, 1.165) is 23.3 Å². The number of aromatic nitrogens is 2. The fourth-order valence-corrected chi connectivity index (χ4v) is 3.94. The van der Waals surface area contributed by atoms with Crippen molar-refractivity contribution in [1.29, 1.82) is 0 Å². The molecule has 0 bridgehead atoms. The molecule has 3 rings (SSSR count). The summed E-state index contributed by atoms with van der Waals surface area (Å²) in [7, 11) is 0. The number of thioether (sulfide) groups is 1. The summed E-state index contributed by atoms with van der Waals surface area (Å²) >= 11 is 2.03. The Balaban J connectivity index is 1.97. The van der Waals surface area contributed by atoms with Crippen LogP contribution < -0.4 is 10.5 Å². The van der Waals surface area contributed by atoms with Crippen LogP contribution in [0.5, 0.6) is 5.75 Å². The topological polar surface area (TPSA) is 53.1 Å². The van der Waals surface area contributed by atoms with Gasteiger partial charge in [0.2, 0.25) is 5.95 Å². The average molecular weight is 291 g/mol. The molecule has 1 aliphatic rings. The minimum atomic E-state index is 0.137. The predicted molar refractivity (Wildman–Crippen MR) is 85.3 cm³/mol. The molecule has 2 heterocycles. The van der Waals surface area contributed by atoms with E-state index >= 15 is 0 Å². The summed E-state index contributed by atoms with van der Waals surface area (Å²) in [5.74, 6) is 4.61. The maximum Gasteiger partial charge on any atom is 0.201 e. The standard InChI is InChI=1S/C15H21N3OS/c1-10(2)19-13-5-3-4-12-14(13)17-15(16)18(12)8-11-6-7-20-9-11/h3-5,10-11H,6-9H2,1-2H3,(H2,16,17). The fourth-order valence-electron chi connectivity index (χ4n) is 2.67. The highest BCUT2D eigenvalue weighted by Crippen LogP contribution is 2.31. The van der Waals surface area contributed by atoms with Crippen molar-refractivity contribution in [3.63, 3.8) is 0 Å². The molecule has 1 unspecified atom stereocenters. The second-order valence-corrected chi connectivity index (χ2v) is 6.75. The Kier molecular flexibility index (Phi) is 3.78. The number of nitrogens with zero attached hydrogens (tertiary/aromatic N) is 2. The third-order valence-corrected chi connectivity index (χ3v) is 4.83. The molecule has 0 saturated carbocycles. The van der Waals surface area contributed by atoms with Gasteiger partial charge in [0, 0.05) is 6.54 Å². The molecule has 2 N–H and O–H groups in total. The van der Waals surface area contributed by atoms with E-state index in [1.807, 2.05) is 37.7 Å². The van der Waals surface area contributed by atoms with Gasteiger partial charge < -0.3 is 15.0 Å². The number of hydrogen-bond donors (Lipinski definition) is 1. The van der Waals surface area contributed by atoms with Crippen molar-refractivity contribution < 1.29 is 4.74 Å². The zero-order valence-electron chi connectivity index (χ0n) is 12.0. The Morgan fingerprint density at radius 1 is 1.50 bits per heavy atom. The minimum absolute atomic E-state index is 0.137. The van der Waals surface area contributed by atoms with Crippen LogP contribution in [0.2, 0.25) is 0 Å². The van der Waals surface area contributed by atoms with Gasteiger partial charge in [-0.2, -0.15) is 11.8 Å². The Morgan fingerprint density at radius 2 is 2.35 bits per heavy atom. The summed E-state index contributed by atoms with van der Waals surface area (Å²) < 4.78 is 7.97. The molecule has 1 saturated heterocycles. The second kappa shape index (κ2) is 5.56. The molecule has 1 aliphatic heterocycles. The number of benzene rings is 1. The summed E-state index contributed by atoms with van der Waals surface area (Å²) in [6, 6.07) is 6.06. The van der Waals surface area contributed by atoms with Crippen LogP contribution >= 0.6 is 11.8 Å². The Hall–Kier alpha value is -1.36. The highest BCUT2D eigenvalue weighted by molar-refractivity contribution is 7.99. The van der Waals surface area contributed by atoms with E-state index in [4.69, 9.17) is 10.5 Å². The highest BCUT2D eigenvalue weighted by atomic mass is 32.2. The van der Waals surface area contributed by atoms with Crippen molar-refractivity contribution in [2.24, 2.45) is 5.92 Å². The van der Waals surface area contributed by atoms with E-state index in [0.29, 0.717) is 11.9 Å². The number of para-hydroxylation sites is 1. The van der Waals surface area contributed by atoms with Crippen LogP contribution in [0, 0.1) is 5.92 Å². The molecule has 0 aliphatic carbocycles. The first-order valence-electron chi connectivity index (χ1n) is 7.14. The number of fused-ring (bicyclic) bond motifs is 1. The van der Waals surface area contributed by atoms with Gasteiger partial charge in [0.1, 0.15) is 11.3 Å². The molecule has 5 heteroatoms. The molecule has 4 nitrogen and oxygen atoms in total. The zero-order valence-corrected chi connectivity index (χ0v) is 12.8. The molecule has 0 spiro atoms.